The van der Waals surface area contributed by atoms with Gasteiger partial charge < -0.3 is 4.74 Å². The molecule has 1 aromatic carbocycles. The molecule has 1 aliphatic rings. The van der Waals surface area contributed by atoms with Gasteiger partial charge in [-0.1, -0.05) is 38.6 Å². The van der Waals surface area contributed by atoms with Gasteiger partial charge in [0.1, 0.15) is 5.75 Å². The van der Waals surface area contributed by atoms with Crippen molar-refractivity contribution < 1.29 is 4.74 Å². The highest BCUT2D eigenvalue weighted by molar-refractivity contribution is 5.71. The number of rotatable bonds is 1. The van der Waals surface area contributed by atoms with Gasteiger partial charge in [-0.3, -0.25) is 0 Å². The smallest absolute Gasteiger partial charge is 0.126 e. The van der Waals surface area contributed by atoms with Gasteiger partial charge in [-0.05, 0) is 17.6 Å². The SMILES string of the molecule is C=C1c2ccccc2OCC1C(C)C. The maximum Gasteiger partial charge on any atom is 0.126 e. The van der Waals surface area contributed by atoms with E-state index >= 15 is 0 Å². The largest absolute Gasteiger partial charge is 0.492 e. The first-order valence-corrected chi connectivity index (χ1v) is 5.11. The van der Waals surface area contributed by atoms with E-state index < -0.39 is 0 Å². The fourth-order valence-corrected chi connectivity index (χ4v) is 1.93. The van der Waals surface area contributed by atoms with Crippen LogP contribution >= 0.6 is 0 Å². The molecule has 0 saturated heterocycles. The Morgan fingerprint density at radius 3 is 2.79 bits per heavy atom. The van der Waals surface area contributed by atoms with Crippen LogP contribution in [0.1, 0.15) is 19.4 Å². The minimum absolute atomic E-state index is 0.463. The second-order valence-electron chi connectivity index (χ2n) is 4.18. The predicted octanol–water partition coefficient (Wildman–Crippen LogP) is 3.36. The van der Waals surface area contributed by atoms with E-state index in [1.165, 1.54) is 11.1 Å². The number of hydrogen-bond acceptors (Lipinski definition) is 1. The van der Waals surface area contributed by atoms with Gasteiger partial charge in [0, 0.05) is 11.5 Å². The van der Waals surface area contributed by atoms with Crippen LogP contribution in [0.25, 0.3) is 5.57 Å². The second kappa shape index (κ2) is 3.49. The van der Waals surface area contributed by atoms with Gasteiger partial charge in [-0.2, -0.15) is 0 Å². The van der Waals surface area contributed by atoms with E-state index in [4.69, 9.17) is 4.74 Å². The first-order valence-electron chi connectivity index (χ1n) is 5.11. The van der Waals surface area contributed by atoms with Crippen molar-refractivity contribution in [2.75, 3.05) is 6.61 Å². The molecule has 1 aliphatic heterocycles. The van der Waals surface area contributed by atoms with Gasteiger partial charge >= 0.3 is 0 Å². The van der Waals surface area contributed by atoms with Crippen LogP contribution in [0, 0.1) is 11.8 Å². The lowest BCUT2D eigenvalue weighted by atomic mass is 9.84. The first kappa shape index (κ1) is 9.32. The lowest BCUT2D eigenvalue weighted by molar-refractivity contribution is 0.235. The summed E-state index contributed by atoms with van der Waals surface area (Å²) in [6.07, 6.45) is 0. The minimum Gasteiger partial charge on any atom is -0.492 e. The molecular formula is C13H16O. The van der Waals surface area contributed by atoms with Crippen molar-refractivity contribution in [1.82, 2.24) is 0 Å². The molecule has 0 spiro atoms. The van der Waals surface area contributed by atoms with Crippen molar-refractivity contribution in [2.24, 2.45) is 11.8 Å². The van der Waals surface area contributed by atoms with E-state index in [2.05, 4.69) is 26.5 Å². The molecule has 2 rings (SSSR count). The van der Waals surface area contributed by atoms with Gasteiger partial charge in [-0.15, -0.1) is 0 Å². The molecule has 0 bridgehead atoms. The van der Waals surface area contributed by atoms with Crippen molar-refractivity contribution in [3.63, 3.8) is 0 Å². The maximum absolute atomic E-state index is 5.71. The number of fused-ring (bicyclic) bond motifs is 1. The third kappa shape index (κ3) is 1.43. The van der Waals surface area contributed by atoms with Crippen LogP contribution in [0.5, 0.6) is 5.75 Å². The Balaban J connectivity index is 2.37. The zero-order chi connectivity index (χ0) is 10.1. The predicted molar refractivity (Wildman–Crippen MR) is 59.3 cm³/mol. The van der Waals surface area contributed by atoms with E-state index in [0.717, 1.165) is 12.4 Å². The molecular weight excluding hydrogens is 172 g/mol. The molecule has 0 fully saturated rings. The zero-order valence-electron chi connectivity index (χ0n) is 8.79. The van der Waals surface area contributed by atoms with Gasteiger partial charge in [0.15, 0.2) is 0 Å². The van der Waals surface area contributed by atoms with Crippen LogP contribution in [0.3, 0.4) is 0 Å². The maximum atomic E-state index is 5.71. The Labute approximate surface area is 85.4 Å². The number of hydrogen-bond donors (Lipinski definition) is 0. The summed E-state index contributed by atoms with van der Waals surface area (Å²) < 4.78 is 5.71. The van der Waals surface area contributed by atoms with Gasteiger partial charge in [-0.25, -0.2) is 0 Å². The lowest BCUT2D eigenvalue weighted by Crippen LogP contribution is -2.23. The number of para-hydroxylation sites is 1. The topological polar surface area (TPSA) is 9.23 Å². The molecule has 1 heterocycles. The summed E-state index contributed by atoms with van der Waals surface area (Å²) >= 11 is 0. The van der Waals surface area contributed by atoms with Crippen molar-refractivity contribution in [1.29, 1.82) is 0 Å². The Morgan fingerprint density at radius 1 is 1.36 bits per heavy atom. The molecule has 1 atom stereocenters. The van der Waals surface area contributed by atoms with E-state index in [-0.39, 0.29) is 0 Å². The second-order valence-corrected chi connectivity index (χ2v) is 4.18. The highest BCUT2D eigenvalue weighted by Gasteiger charge is 2.25. The standard InChI is InChI=1S/C13H16O/c1-9(2)12-8-14-13-7-5-4-6-11(13)10(12)3/h4-7,9,12H,3,8H2,1-2H3. The Kier molecular flexibility index (Phi) is 2.32. The van der Waals surface area contributed by atoms with Crippen LogP contribution in [0.15, 0.2) is 30.8 Å². The van der Waals surface area contributed by atoms with Crippen molar-refractivity contribution >= 4 is 5.57 Å². The van der Waals surface area contributed by atoms with E-state index in [1.807, 2.05) is 18.2 Å². The molecule has 0 amide bonds. The molecule has 0 N–H and O–H groups in total. The fraction of sp³-hybridized carbons (Fsp3) is 0.385. The highest BCUT2D eigenvalue weighted by Crippen LogP contribution is 2.37. The average Bonchev–Trinajstić information content (AvgIpc) is 2.18. The van der Waals surface area contributed by atoms with Gasteiger partial charge in [0.05, 0.1) is 6.61 Å². The summed E-state index contributed by atoms with van der Waals surface area (Å²) in [5.74, 6) is 2.04. The summed E-state index contributed by atoms with van der Waals surface area (Å²) in [5.41, 5.74) is 2.40. The third-order valence-corrected chi connectivity index (χ3v) is 2.90. The molecule has 0 radical (unpaired) electrons. The van der Waals surface area contributed by atoms with Gasteiger partial charge in [0.2, 0.25) is 0 Å². The minimum atomic E-state index is 0.463. The van der Waals surface area contributed by atoms with Gasteiger partial charge in [0.25, 0.3) is 0 Å². The Morgan fingerprint density at radius 2 is 2.07 bits per heavy atom. The zero-order valence-corrected chi connectivity index (χ0v) is 8.79. The van der Waals surface area contributed by atoms with Crippen molar-refractivity contribution in [3.8, 4) is 5.75 Å². The Hall–Kier alpha value is -1.24. The van der Waals surface area contributed by atoms with Crippen LogP contribution in [-0.2, 0) is 0 Å². The summed E-state index contributed by atoms with van der Waals surface area (Å²) in [4.78, 5) is 0. The van der Waals surface area contributed by atoms with Crippen LogP contribution in [0.4, 0.5) is 0 Å². The van der Waals surface area contributed by atoms with Crippen molar-refractivity contribution in [3.05, 3.63) is 36.4 Å². The first-order chi connectivity index (χ1) is 6.70. The molecule has 1 nitrogen and oxygen atoms in total. The highest BCUT2D eigenvalue weighted by atomic mass is 16.5. The summed E-state index contributed by atoms with van der Waals surface area (Å²) in [6.45, 7) is 9.38. The summed E-state index contributed by atoms with van der Waals surface area (Å²) in [7, 11) is 0. The quantitative estimate of drug-likeness (QED) is 0.656. The van der Waals surface area contributed by atoms with E-state index in [0.29, 0.717) is 11.8 Å². The summed E-state index contributed by atoms with van der Waals surface area (Å²) in [6, 6.07) is 8.14. The van der Waals surface area contributed by atoms with Crippen LogP contribution < -0.4 is 4.74 Å². The third-order valence-electron chi connectivity index (χ3n) is 2.90. The van der Waals surface area contributed by atoms with Crippen LogP contribution in [-0.4, -0.2) is 6.61 Å². The van der Waals surface area contributed by atoms with Crippen molar-refractivity contribution in [2.45, 2.75) is 13.8 Å². The van der Waals surface area contributed by atoms with Crippen LogP contribution in [0.2, 0.25) is 0 Å². The van der Waals surface area contributed by atoms with E-state index in [9.17, 15) is 0 Å². The van der Waals surface area contributed by atoms with E-state index in [1.54, 1.807) is 0 Å². The molecule has 0 aromatic heterocycles. The molecule has 14 heavy (non-hydrogen) atoms. The number of ether oxygens (including phenoxy) is 1. The Bertz CT molecular complexity index is 352. The fourth-order valence-electron chi connectivity index (χ4n) is 1.93. The number of benzene rings is 1. The molecule has 0 aliphatic carbocycles. The molecule has 0 saturated carbocycles. The molecule has 1 unspecified atom stereocenters. The molecule has 74 valence electrons. The summed E-state index contributed by atoms with van der Waals surface area (Å²) in [5, 5.41) is 0. The molecule has 1 aromatic rings. The lowest BCUT2D eigenvalue weighted by Gasteiger charge is -2.30. The normalized spacial score (nSPS) is 20.5. The average molecular weight is 188 g/mol. The monoisotopic (exact) mass is 188 g/mol. The molecule has 1 heteroatoms.